The molecular weight excluding hydrogens is 312 g/mol. The number of allylic oxidation sites excluding steroid dienone is 1. The second kappa shape index (κ2) is 6.77. The second-order valence-electron chi connectivity index (χ2n) is 8.33. The van der Waals surface area contributed by atoms with Gasteiger partial charge in [0.2, 0.25) is 5.91 Å². The number of aromatic nitrogens is 2. The van der Waals surface area contributed by atoms with Gasteiger partial charge in [0.1, 0.15) is 5.82 Å². The zero-order chi connectivity index (χ0) is 17.3. The van der Waals surface area contributed by atoms with Crippen LogP contribution in [0.4, 0.5) is 5.82 Å². The van der Waals surface area contributed by atoms with E-state index in [9.17, 15) is 4.79 Å². The molecule has 5 heteroatoms. The summed E-state index contributed by atoms with van der Waals surface area (Å²) in [6.07, 6.45) is 15.1. The van der Waals surface area contributed by atoms with E-state index >= 15 is 0 Å². The van der Waals surface area contributed by atoms with E-state index in [4.69, 9.17) is 0 Å². The number of nitrogens with zero attached hydrogens (tertiary/aromatic N) is 2. The highest BCUT2D eigenvalue weighted by Crippen LogP contribution is 2.62. The number of carbonyl (C=O) groups is 1. The minimum Gasteiger partial charge on any atom is -0.367 e. The molecule has 0 radical (unpaired) electrons. The van der Waals surface area contributed by atoms with Crippen LogP contribution >= 0.6 is 0 Å². The maximum Gasteiger partial charge on any atom is 0.244 e. The fraction of sp³-hybridized carbons (Fsp3) is 0.650. The first kappa shape index (κ1) is 16.6. The zero-order valence-electron chi connectivity index (χ0n) is 15.0. The Balaban J connectivity index is 1.29. The van der Waals surface area contributed by atoms with Crippen LogP contribution < -0.4 is 10.6 Å². The molecule has 4 aliphatic carbocycles. The van der Waals surface area contributed by atoms with Gasteiger partial charge in [-0.1, -0.05) is 5.57 Å². The minimum atomic E-state index is 0.0363. The molecule has 4 aliphatic rings. The Bertz CT molecular complexity index is 620. The predicted molar refractivity (Wildman–Crippen MR) is 97.9 cm³/mol. The topological polar surface area (TPSA) is 66.9 Å². The number of anilines is 1. The summed E-state index contributed by atoms with van der Waals surface area (Å²) in [5.74, 6) is 3.50. The molecule has 0 spiro atoms. The van der Waals surface area contributed by atoms with Crippen LogP contribution in [0.15, 0.2) is 30.2 Å². The first-order valence-corrected chi connectivity index (χ1v) is 9.59. The van der Waals surface area contributed by atoms with E-state index < -0.39 is 0 Å². The van der Waals surface area contributed by atoms with Crippen molar-refractivity contribution in [2.45, 2.75) is 45.4 Å². The van der Waals surface area contributed by atoms with Gasteiger partial charge >= 0.3 is 0 Å². The second-order valence-corrected chi connectivity index (χ2v) is 8.33. The molecule has 5 rings (SSSR count). The van der Waals surface area contributed by atoms with Crippen molar-refractivity contribution < 1.29 is 4.79 Å². The average Bonchev–Trinajstić information content (AvgIpc) is 2.58. The van der Waals surface area contributed by atoms with Crippen molar-refractivity contribution in [2.75, 3.05) is 18.4 Å². The summed E-state index contributed by atoms with van der Waals surface area (Å²) >= 11 is 0. The number of carbonyl (C=O) groups excluding carboxylic acids is 1. The van der Waals surface area contributed by atoms with Crippen molar-refractivity contribution in [1.29, 1.82) is 0 Å². The van der Waals surface area contributed by atoms with Crippen molar-refractivity contribution in [3.63, 3.8) is 0 Å². The third kappa shape index (κ3) is 3.55. The molecule has 0 aromatic carbocycles. The molecule has 0 saturated heterocycles. The molecule has 4 fully saturated rings. The molecule has 4 saturated carbocycles. The maximum atomic E-state index is 12.3. The molecule has 4 bridgehead atoms. The standard InChI is InChI=1S/C20H28N4O/c1-14(20-10-15-7-16(11-20)9-17(8-15)12-20)6-19(25)24-5-4-23-18-13-21-2-3-22-18/h2-3,6,13,15-17H,4-5,7-12H2,1H3,(H,22,23)(H,24,25)/b14-6+. The Hall–Kier alpha value is -1.91. The summed E-state index contributed by atoms with van der Waals surface area (Å²) < 4.78 is 0. The Kier molecular flexibility index (Phi) is 4.48. The van der Waals surface area contributed by atoms with Crippen LogP contribution in [-0.4, -0.2) is 29.0 Å². The van der Waals surface area contributed by atoms with E-state index in [2.05, 4.69) is 27.5 Å². The van der Waals surface area contributed by atoms with Gasteiger partial charge in [-0.05, 0) is 68.6 Å². The molecule has 1 aromatic heterocycles. The number of nitrogens with one attached hydrogen (secondary N) is 2. The molecular formula is C20H28N4O. The van der Waals surface area contributed by atoms with E-state index in [1.807, 2.05) is 6.08 Å². The van der Waals surface area contributed by atoms with Crippen LogP contribution in [0.25, 0.3) is 0 Å². The molecule has 5 nitrogen and oxygen atoms in total. The van der Waals surface area contributed by atoms with Crippen LogP contribution in [-0.2, 0) is 4.79 Å². The highest BCUT2D eigenvalue weighted by molar-refractivity contribution is 5.88. The lowest BCUT2D eigenvalue weighted by Crippen LogP contribution is -2.46. The van der Waals surface area contributed by atoms with Gasteiger partial charge in [-0.15, -0.1) is 0 Å². The summed E-state index contributed by atoms with van der Waals surface area (Å²) in [6, 6.07) is 0. The summed E-state index contributed by atoms with van der Waals surface area (Å²) in [4.78, 5) is 20.5. The molecule has 134 valence electrons. The van der Waals surface area contributed by atoms with E-state index in [1.165, 1.54) is 44.1 Å². The number of hydrogen-bond donors (Lipinski definition) is 2. The third-order valence-corrected chi connectivity index (χ3v) is 6.52. The average molecular weight is 340 g/mol. The summed E-state index contributed by atoms with van der Waals surface area (Å²) in [6.45, 7) is 3.42. The first-order chi connectivity index (χ1) is 12.1. The van der Waals surface area contributed by atoms with Gasteiger partial charge in [0.15, 0.2) is 0 Å². The van der Waals surface area contributed by atoms with Gasteiger partial charge in [0.25, 0.3) is 0 Å². The van der Waals surface area contributed by atoms with Crippen LogP contribution in [0, 0.1) is 23.2 Å². The first-order valence-electron chi connectivity index (χ1n) is 9.59. The quantitative estimate of drug-likeness (QED) is 0.616. The molecule has 0 aliphatic heterocycles. The SMILES string of the molecule is C/C(=C\C(=O)NCCNc1cnccn1)C12CC3CC(CC(C3)C1)C2. The van der Waals surface area contributed by atoms with E-state index in [0.29, 0.717) is 18.5 Å². The highest BCUT2D eigenvalue weighted by atomic mass is 16.1. The Morgan fingerprint density at radius 1 is 1.16 bits per heavy atom. The van der Waals surface area contributed by atoms with Gasteiger partial charge in [-0.3, -0.25) is 9.78 Å². The van der Waals surface area contributed by atoms with E-state index in [1.54, 1.807) is 18.6 Å². The summed E-state index contributed by atoms with van der Waals surface area (Å²) in [5, 5.41) is 6.14. The number of hydrogen-bond acceptors (Lipinski definition) is 4. The summed E-state index contributed by atoms with van der Waals surface area (Å²) in [5.41, 5.74) is 1.63. The smallest absolute Gasteiger partial charge is 0.244 e. The Morgan fingerprint density at radius 2 is 1.84 bits per heavy atom. The van der Waals surface area contributed by atoms with Crippen molar-refractivity contribution in [3.05, 3.63) is 30.2 Å². The van der Waals surface area contributed by atoms with Gasteiger partial charge in [0.05, 0.1) is 6.20 Å². The van der Waals surface area contributed by atoms with Gasteiger partial charge in [0, 0.05) is 31.6 Å². The summed E-state index contributed by atoms with van der Waals surface area (Å²) in [7, 11) is 0. The number of amides is 1. The lowest BCUT2D eigenvalue weighted by atomic mass is 9.48. The Morgan fingerprint density at radius 3 is 2.44 bits per heavy atom. The van der Waals surface area contributed by atoms with Gasteiger partial charge in [-0.25, -0.2) is 4.98 Å². The number of rotatable bonds is 6. The van der Waals surface area contributed by atoms with Crippen LogP contribution in [0.3, 0.4) is 0 Å². The van der Waals surface area contributed by atoms with E-state index in [0.717, 1.165) is 23.6 Å². The lowest BCUT2D eigenvalue weighted by molar-refractivity contribution is -0.116. The lowest BCUT2D eigenvalue weighted by Gasteiger charge is -2.57. The van der Waals surface area contributed by atoms with Crippen LogP contribution in [0.5, 0.6) is 0 Å². The van der Waals surface area contributed by atoms with Crippen LogP contribution in [0.2, 0.25) is 0 Å². The molecule has 1 heterocycles. The zero-order valence-corrected chi connectivity index (χ0v) is 15.0. The van der Waals surface area contributed by atoms with Crippen LogP contribution in [0.1, 0.15) is 45.4 Å². The fourth-order valence-electron chi connectivity index (χ4n) is 5.76. The van der Waals surface area contributed by atoms with Gasteiger partial charge in [-0.2, -0.15) is 0 Å². The molecule has 1 amide bonds. The fourth-order valence-corrected chi connectivity index (χ4v) is 5.76. The van der Waals surface area contributed by atoms with Crippen molar-refractivity contribution in [3.8, 4) is 0 Å². The highest BCUT2D eigenvalue weighted by Gasteiger charge is 2.51. The predicted octanol–water partition coefficient (Wildman–Crippen LogP) is 3.17. The minimum absolute atomic E-state index is 0.0363. The van der Waals surface area contributed by atoms with Gasteiger partial charge < -0.3 is 10.6 Å². The largest absolute Gasteiger partial charge is 0.367 e. The van der Waals surface area contributed by atoms with Crippen molar-refractivity contribution in [1.82, 2.24) is 15.3 Å². The van der Waals surface area contributed by atoms with E-state index in [-0.39, 0.29) is 5.91 Å². The molecule has 2 N–H and O–H groups in total. The van der Waals surface area contributed by atoms with Crippen molar-refractivity contribution >= 4 is 11.7 Å². The molecule has 1 aromatic rings. The maximum absolute atomic E-state index is 12.3. The normalized spacial score (nSPS) is 33.3. The molecule has 0 unspecified atom stereocenters. The molecule has 0 atom stereocenters. The monoisotopic (exact) mass is 340 g/mol. The molecule has 25 heavy (non-hydrogen) atoms. The van der Waals surface area contributed by atoms with Crippen molar-refractivity contribution in [2.24, 2.45) is 23.2 Å². The third-order valence-electron chi connectivity index (χ3n) is 6.52. The Labute approximate surface area is 149 Å².